The van der Waals surface area contributed by atoms with Crippen LogP contribution in [0.2, 0.25) is 0 Å². The van der Waals surface area contributed by atoms with Gasteiger partial charge in [0.1, 0.15) is 5.78 Å². The van der Waals surface area contributed by atoms with Crippen LogP contribution in [0, 0.1) is 11.3 Å². The molecule has 12 heavy (non-hydrogen) atoms. The van der Waals surface area contributed by atoms with E-state index in [1.807, 2.05) is 0 Å². The molecule has 0 amide bonds. The van der Waals surface area contributed by atoms with Crippen LogP contribution in [0.25, 0.3) is 0 Å². The smallest absolute Gasteiger partial charge is 0.136 e. The highest BCUT2D eigenvalue weighted by Gasteiger charge is 2.42. The van der Waals surface area contributed by atoms with Gasteiger partial charge in [0.2, 0.25) is 0 Å². The topological polar surface area (TPSA) is 17.1 Å². The fraction of sp³-hybridized carbons (Fsp3) is 0.909. The highest BCUT2D eigenvalue weighted by molar-refractivity contribution is 5.82. The average Bonchev–Trinajstić information content (AvgIpc) is 2.04. The van der Waals surface area contributed by atoms with E-state index < -0.39 is 0 Å². The molecular weight excluding hydrogens is 148 g/mol. The first-order valence-corrected chi connectivity index (χ1v) is 5.25. The van der Waals surface area contributed by atoms with Gasteiger partial charge in [-0.3, -0.25) is 4.79 Å². The third-order valence-corrected chi connectivity index (χ3v) is 3.89. The van der Waals surface area contributed by atoms with E-state index in [9.17, 15) is 4.79 Å². The number of carbonyl (C=O) groups excluding carboxylic acids is 1. The fourth-order valence-electron chi connectivity index (χ4n) is 3.09. The molecule has 2 saturated carbocycles. The number of hydrogen-bond acceptors (Lipinski definition) is 1. The first-order chi connectivity index (χ1) is 5.72. The van der Waals surface area contributed by atoms with Crippen molar-refractivity contribution in [2.75, 3.05) is 0 Å². The summed E-state index contributed by atoms with van der Waals surface area (Å²) in [7, 11) is 0. The Bertz CT molecular complexity index is 193. The van der Waals surface area contributed by atoms with Gasteiger partial charge in [-0.25, -0.2) is 0 Å². The summed E-state index contributed by atoms with van der Waals surface area (Å²) in [6.07, 6.45) is 8.40. The standard InChI is InChI=1S/C11H18O/c1-11-7-3-2-5-9(11)10(12)6-4-8-11/h9H,2-8H2,1H3. The maximum absolute atomic E-state index is 11.6. The average molecular weight is 166 g/mol. The van der Waals surface area contributed by atoms with Crippen LogP contribution in [0.5, 0.6) is 0 Å². The van der Waals surface area contributed by atoms with Gasteiger partial charge in [0, 0.05) is 12.3 Å². The largest absolute Gasteiger partial charge is 0.299 e. The Hall–Kier alpha value is -0.330. The van der Waals surface area contributed by atoms with Crippen LogP contribution in [0.15, 0.2) is 0 Å². The maximum atomic E-state index is 11.6. The van der Waals surface area contributed by atoms with E-state index in [0.29, 0.717) is 17.1 Å². The molecule has 2 aliphatic carbocycles. The first-order valence-electron chi connectivity index (χ1n) is 5.25. The SMILES string of the molecule is CC12CCCCC1C(=O)CCC2. The second kappa shape index (κ2) is 2.86. The zero-order valence-corrected chi connectivity index (χ0v) is 7.94. The molecule has 2 atom stereocenters. The molecule has 2 unspecified atom stereocenters. The van der Waals surface area contributed by atoms with Gasteiger partial charge in [0.25, 0.3) is 0 Å². The molecule has 0 bridgehead atoms. The maximum Gasteiger partial charge on any atom is 0.136 e. The van der Waals surface area contributed by atoms with Crippen LogP contribution in [-0.2, 0) is 4.79 Å². The molecule has 1 nitrogen and oxygen atoms in total. The lowest BCUT2D eigenvalue weighted by Crippen LogP contribution is -2.39. The molecule has 0 aliphatic heterocycles. The predicted molar refractivity (Wildman–Crippen MR) is 48.9 cm³/mol. The zero-order valence-electron chi connectivity index (χ0n) is 7.94. The third-order valence-electron chi connectivity index (χ3n) is 3.89. The van der Waals surface area contributed by atoms with Crippen LogP contribution in [-0.4, -0.2) is 5.78 Å². The van der Waals surface area contributed by atoms with E-state index in [0.717, 1.165) is 12.8 Å². The zero-order chi connectivity index (χ0) is 8.60. The van der Waals surface area contributed by atoms with Gasteiger partial charge in [-0.05, 0) is 31.1 Å². The molecule has 0 spiro atoms. The second-order valence-corrected chi connectivity index (χ2v) is 4.77. The number of fused-ring (bicyclic) bond motifs is 1. The van der Waals surface area contributed by atoms with E-state index in [1.165, 1.54) is 32.1 Å². The molecule has 2 aliphatic rings. The molecule has 68 valence electrons. The molecule has 2 rings (SSSR count). The summed E-state index contributed by atoms with van der Waals surface area (Å²) in [5, 5.41) is 0. The Morgan fingerprint density at radius 1 is 1.25 bits per heavy atom. The van der Waals surface area contributed by atoms with Crippen LogP contribution in [0.1, 0.15) is 51.9 Å². The van der Waals surface area contributed by atoms with Crippen molar-refractivity contribution in [2.45, 2.75) is 51.9 Å². The highest BCUT2D eigenvalue weighted by Crippen LogP contribution is 2.48. The van der Waals surface area contributed by atoms with Crippen molar-refractivity contribution < 1.29 is 4.79 Å². The van der Waals surface area contributed by atoms with Gasteiger partial charge in [-0.15, -0.1) is 0 Å². The molecular formula is C11H18O. The molecule has 0 aromatic heterocycles. The molecule has 0 aromatic rings. The Morgan fingerprint density at radius 3 is 2.75 bits per heavy atom. The summed E-state index contributed by atoms with van der Waals surface area (Å²) in [5.74, 6) is 0.989. The van der Waals surface area contributed by atoms with E-state index in [-0.39, 0.29) is 0 Å². The van der Waals surface area contributed by atoms with Gasteiger partial charge in [0.05, 0.1) is 0 Å². The molecule has 1 heteroatoms. The lowest BCUT2D eigenvalue weighted by Gasteiger charge is -2.43. The first kappa shape index (κ1) is 8.28. The third kappa shape index (κ3) is 1.19. The van der Waals surface area contributed by atoms with E-state index in [4.69, 9.17) is 0 Å². The number of hydrogen-bond donors (Lipinski definition) is 0. The number of ketones is 1. The van der Waals surface area contributed by atoms with Crippen molar-refractivity contribution in [1.29, 1.82) is 0 Å². The van der Waals surface area contributed by atoms with Crippen molar-refractivity contribution in [1.82, 2.24) is 0 Å². The Balaban J connectivity index is 2.18. The molecule has 0 radical (unpaired) electrons. The fourth-order valence-corrected chi connectivity index (χ4v) is 3.09. The monoisotopic (exact) mass is 166 g/mol. The summed E-state index contributed by atoms with van der Waals surface area (Å²) in [6.45, 7) is 2.33. The summed E-state index contributed by atoms with van der Waals surface area (Å²) >= 11 is 0. The van der Waals surface area contributed by atoms with Crippen molar-refractivity contribution in [3.63, 3.8) is 0 Å². The minimum Gasteiger partial charge on any atom is -0.299 e. The summed E-state index contributed by atoms with van der Waals surface area (Å²) < 4.78 is 0. The Labute approximate surface area is 74.5 Å². The summed E-state index contributed by atoms with van der Waals surface area (Å²) in [5.41, 5.74) is 0.396. The summed E-state index contributed by atoms with van der Waals surface area (Å²) in [4.78, 5) is 11.6. The van der Waals surface area contributed by atoms with Gasteiger partial charge >= 0.3 is 0 Å². The Kier molecular flexibility index (Phi) is 1.97. The normalized spacial score (nSPS) is 42.4. The Morgan fingerprint density at radius 2 is 2.00 bits per heavy atom. The lowest BCUT2D eigenvalue weighted by molar-refractivity contribution is -0.132. The van der Waals surface area contributed by atoms with E-state index in [1.54, 1.807) is 0 Å². The van der Waals surface area contributed by atoms with Crippen molar-refractivity contribution >= 4 is 5.78 Å². The summed E-state index contributed by atoms with van der Waals surface area (Å²) in [6, 6.07) is 0. The van der Waals surface area contributed by atoms with Crippen LogP contribution in [0.3, 0.4) is 0 Å². The number of carbonyl (C=O) groups is 1. The van der Waals surface area contributed by atoms with Crippen LogP contribution < -0.4 is 0 Å². The molecule has 0 N–H and O–H groups in total. The second-order valence-electron chi connectivity index (χ2n) is 4.77. The van der Waals surface area contributed by atoms with Gasteiger partial charge in [0.15, 0.2) is 0 Å². The van der Waals surface area contributed by atoms with Crippen molar-refractivity contribution in [2.24, 2.45) is 11.3 Å². The highest BCUT2D eigenvalue weighted by atomic mass is 16.1. The number of rotatable bonds is 0. The predicted octanol–water partition coefficient (Wildman–Crippen LogP) is 2.94. The van der Waals surface area contributed by atoms with E-state index >= 15 is 0 Å². The van der Waals surface area contributed by atoms with Crippen molar-refractivity contribution in [3.05, 3.63) is 0 Å². The van der Waals surface area contributed by atoms with Crippen molar-refractivity contribution in [3.8, 4) is 0 Å². The molecule has 0 saturated heterocycles. The lowest BCUT2D eigenvalue weighted by atomic mass is 9.60. The van der Waals surface area contributed by atoms with Gasteiger partial charge in [-0.1, -0.05) is 19.8 Å². The van der Waals surface area contributed by atoms with Crippen LogP contribution >= 0.6 is 0 Å². The molecule has 0 heterocycles. The van der Waals surface area contributed by atoms with Gasteiger partial charge < -0.3 is 0 Å². The molecule has 2 fully saturated rings. The minimum atomic E-state index is 0.396. The molecule has 0 aromatic carbocycles. The minimum absolute atomic E-state index is 0.396. The van der Waals surface area contributed by atoms with E-state index in [2.05, 4.69) is 6.92 Å². The quantitative estimate of drug-likeness (QED) is 0.540. The van der Waals surface area contributed by atoms with Crippen LogP contribution in [0.4, 0.5) is 0 Å². The number of Topliss-reactive ketones (excluding diaryl/α,β-unsaturated/α-hetero) is 1. The van der Waals surface area contributed by atoms with Gasteiger partial charge in [-0.2, -0.15) is 0 Å².